The summed E-state index contributed by atoms with van der Waals surface area (Å²) in [6.07, 6.45) is 1.66. The Morgan fingerprint density at radius 3 is 2.46 bits per heavy atom. The fraction of sp³-hybridized carbons (Fsp3) is 0.238. The topological polar surface area (TPSA) is 53.2 Å². The van der Waals surface area contributed by atoms with Gasteiger partial charge >= 0.3 is 0 Å². The van der Waals surface area contributed by atoms with Crippen LogP contribution in [0.3, 0.4) is 0 Å². The molecule has 4 nitrogen and oxygen atoms in total. The molecule has 0 aromatic heterocycles. The van der Waals surface area contributed by atoms with Crippen molar-refractivity contribution in [2.24, 2.45) is 0 Å². The summed E-state index contributed by atoms with van der Waals surface area (Å²) in [6, 6.07) is 17.9. The number of aryl methyl sites for hydroxylation is 2. The van der Waals surface area contributed by atoms with Crippen molar-refractivity contribution in [2.75, 3.05) is 5.32 Å². The zero-order valence-electron chi connectivity index (χ0n) is 15.0. The molecule has 2 aromatic rings. The van der Waals surface area contributed by atoms with E-state index in [1.165, 1.54) is 5.56 Å². The number of thiocarbonyl (C=S) groups is 1. The highest BCUT2D eigenvalue weighted by Crippen LogP contribution is 2.20. The quantitative estimate of drug-likeness (QED) is 0.708. The van der Waals surface area contributed by atoms with E-state index < -0.39 is 0 Å². The third-order valence-electron chi connectivity index (χ3n) is 4.48. The van der Waals surface area contributed by atoms with Gasteiger partial charge in [0.25, 0.3) is 5.91 Å². The smallest absolute Gasteiger partial charge is 0.255 e. The van der Waals surface area contributed by atoms with Gasteiger partial charge in [0.2, 0.25) is 0 Å². The van der Waals surface area contributed by atoms with E-state index in [2.05, 4.69) is 28.1 Å². The number of anilines is 1. The Hall–Kier alpha value is -2.66. The summed E-state index contributed by atoms with van der Waals surface area (Å²) in [7, 11) is 0. The molecule has 26 heavy (non-hydrogen) atoms. The number of hydrogen-bond donors (Lipinski definition) is 3. The van der Waals surface area contributed by atoms with Gasteiger partial charge in [-0.05, 0) is 56.6 Å². The van der Waals surface area contributed by atoms with Crippen LogP contribution in [0, 0.1) is 6.92 Å². The fourth-order valence-corrected chi connectivity index (χ4v) is 3.40. The molecule has 0 saturated heterocycles. The molecule has 1 aliphatic heterocycles. The summed E-state index contributed by atoms with van der Waals surface area (Å²) in [5.74, 6) is -0.105. The highest BCUT2D eigenvalue weighted by atomic mass is 32.1. The van der Waals surface area contributed by atoms with Crippen LogP contribution in [0.2, 0.25) is 0 Å². The lowest BCUT2D eigenvalue weighted by Crippen LogP contribution is -2.50. The summed E-state index contributed by atoms with van der Waals surface area (Å²) in [4.78, 5) is 12.9. The molecule has 134 valence electrons. The minimum Gasteiger partial charge on any atom is -0.355 e. The summed E-state index contributed by atoms with van der Waals surface area (Å²) in [5.41, 5.74) is 4.70. The van der Waals surface area contributed by atoms with Crippen molar-refractivity contribution in [3.63, 3.8) is 0 Å². The van der Waals surface area contributed by atoms with Crippen molar-refractivity contribution in [2.45, 2.75) is 32.7 Å². The van der Waals surface area contributed by atoms with Gasteiger partial charge in [-0.25, -0.2) is 0 Å². The maximum absolute atomic E-state index is 12.9. The van der Waals surface area contributed by atoms with Crippen LogP contribution in [0.4, 0.5) is 5.69 Å². The van der Waals surface area contributed by atoms with E-state index in [1.54, 1.807) is 0 Å². The van der Waals surface area contributed by atoms with Gasteiger partial charge in [-0.2, -0.15) is 0 Å². The molecule has 0 saturated carbocycles. The lowest BCUT2D eigenvalue weighted by atomic mass is 9.95. The fourth-order valence-electron chi connectivity index (χ4n) is 3.10. The van der Waals surface area contributed by atoms with E-state index in [1.807, 2.05) is 56.3 Å². The molecule has 0 radical (unpaired) electrons. The van der Waals surface area contributed by atoms with Gasteiger partial charge in [0.05, 0.1) is 11.6 Å². The van der Waals surface area contributed by atoms with E-state index in [4.69, 9.17) is 12.2 Å². The van der Waals surface area contributed by atoms with E-state index in [0.717, 1.165) is 29.8 Å². The Bertz CT molecular complexity index is 828. The normalized spacial score (nSPS) is 16.7. The number of amides is 1. The Balaban J connectivity index is 1.76. The molecular formula is C21H23N3OS. The molecule has 0 spiro atoms. The molecule has 3 rings (SSSR count). The molecule has 2 aromatic carbocycles. The van der Waals surface area contributed by atoms with Crippen LogP contribution >= 0.6 is 12.2 Å². The zero-order chi connectivity index (χ0) is 18.5. The number of allylic oxidation sites excluding steroid dienone is 1. The molecule has 1 amide bonds. The number of carbonyl (C=O) groups excluding carboxylic acids is 1. The first-order chi connectivity index (χ1) is 12.5. The number of benzene rings is 2. The molecule has 0 fully saturated rings. The van der Waals surface area contributed by atoms with E-state index in [9.17, 15) is 4.79 Å². The Morgan fingerprint density at radius 2 is 1.77 bits per heavy atom. The van der Waals surface area contributed by atoms with Crippen molar-refractivity contribution < 1.29 is 4.79 Å². The zero-order valence-corrected chi connectivity index (χ0v) is 15.8. The van der Waals surface area contributed by atoms with Crippen molar-refractivity contribution in [3.8, 4) is 0 Å². The van der Waals surface area contributed by atoms with E-state index in [0.29, 0.717) is 10.7 Å². The van der Waals surface area contributed by atoms with Gasteiger partial charge < -0.3 is 16.0 Å². The minimum atomic E-state index is -0.116. The molecule has 1 unspecified atom stereocenters. The number of hydrogen-bond acceptors (Lipinski definition) is 2. The van der Waals surface area contributed by atoms with E-state index in [-0.39, 0.29) is 11.9 Å². The highest BCUT2D eigenvalue weighted by Gasteiger charge is 2.28. The average Bonchev–Trinajstić information content (AvgIpc) is 2.62. The maximum atomic E-state index is 12.9. The summed E-state index contributed by atoms with van der Waals surface area (Å²) < 4.78 is 0. The molecule has 1 heterocycles. The first kappa shape index (κ1) is 18.1. The Labute approximate surface area is 159 Å². The van der Waals surface area contributed by atoms with Gasteiger partial charge in [-0.3, -0.25) is 4.79 Å². The molecular weight excluding hydrogens is 342 g/mol. The number of rotatable bonds is 5. The molecule has 1 aliphatic rings. The van der Waals surface area contributed by atoms with Crippen molar-refractivity contribution in [1.29, 1.82) is 0 Å². The van der Waals surface area contributed by atoms with Crippen LogP contribution in [0.25, 0.3) is 0 Å². The van der Waals surface area contributed by atoms with Crippen molar-refractivity contribution >= 4 is 28.9 Å². The largest absolute Gasteiger partial charge is 0.355 e. The summed E-state index contributed by atoms with van der Waals surface area (Å²) >= 11 is 5.29. The monoisotopic (exact) mass is 365 g/mol. The third kappa shape index (κ3) is 4.49. The molecule has 3 N–H and O–H groups in total. The van der Waals surface area contributed by atoms with Gasteiger partial charge in [-0.15, -0.1) is 0 Å². The molecule has 5 heteroatoms. The lowest BCUT2D eigenvalue weighted by Gasteiger charge is -2.30. The van der Waals surface area contributed by atoms with Crippen molar-refractivity contribution in [1.82, 2.24) is 10.6 Å². The SMILES string of the molecule is CC1=C(C(=O)Nc2ccc(C)cc2)C(CCc2ccccc2)NC(=S)N1. The predicted octanol–water partition coefficient (Wildman–Crippen LogP) is 3.69. The van der Waals surface area contributed by atoms with Crippen molar-refractivity contribution in [3.05, 3.63) is 77.0 Å². The van der Waals surface area contributed by atoms with Gasteiger partial charge in [0, 0.05) is 11.4 Å². The Morgan fingerprint density at radius 1 is 1.08 bits per heavy atom. The van der Waals surface area contributed by atoms with Crippen LogP contribution in [-0.4, -0.2) is 17.1 Å². The van der Waals surface area contributed by atoms with Gasteiger partial charge in [-0.1, -0.05) is 48.0 Å². The first-order valence-electron chi connectivity index (χ1n) is 8.73. The molecule has 1 atom stereocenters. The lowest BCUT2D eigenvalue weighted by molar-refractivity contribution is -0.113. The van der Waals surface area contributed by atoms with Gasteiger partial charge in [0.15, 0.2) is 5.11 Å². The summed E-state index contributed by atoms with van der Waals surface area (Å²) in [5, 5.41) is 9.87. The first-order valence-corrected chi connectivity index (χ1v) is 9.14. The minimum absolute atomic E-state index is 0.105. The van der Waals surface area contributed by atoms with Gasteiger partial charge in [0.1, 0.15) is 0 Å². The average molecular weight is 366 g/mol. The maximum Gasteiger partial charge on any atom is 0.255 e. The molecule has 0 aliphatic carbocycles. The van der Waals surface area contributed by atoms with Crippen LogP contribution in [0.5, 0.6) is 0 Å². The second-order valence-corrected chi connectivity index (χ2v) is 6.94. The van der Waals surface area contributed by atoms with Crippen LogP contribution in [0.1, 0.15) is 24.5 Å². The second-order valence-electron chi connectivity index (χ2n) is 6.53. The standard InChI is InChI=1S/C21H23N3OS/c1-14-8-11-17(12-9-14)23-20(25)19-15(2)22-21(26)24-18(19)13-10-16-6-4-3-5-7-16/h3-9,11-12,18H,10,13H2,1-2H3,(H,23,25)(H2,22,24,26). The van der Waals surface area contributed by atoms with E-state index >= 15 is 0 Å². The molecule has 0 bridgehead atoms. The highest BCUT2D eigenvalue weighted by molar-refractivity contribution is 7.80. The summed E-state index contributed by atoms with van der Waals surface area (Å²) in [6.45, 7) is 3.92. The third-order valence-corrected chi connectivity index (χ3v) is 4.70. The van der Waals surface area contributed by atoms with Crippen LogP contribution in [0.15, 0.2) is 65.9 Å². The second kappa shape index (κ2) is 8.15. The number of nitrogens with one attached hydrogen (secondary N) is 3. The van der Waals surface area contributed by atoms with Crippen LogP contribution < -0.4 is 16.0 Å². The predicted molar refractivity (Wildman–Crippen MR) is 110 cm³/mol. The Kier molecular flexibility index (Phi) is 5.68. The van der Waals surface area contributed by atoms with Crippen LogP contribution in [-0.2, 0) is 11.2 Å². The number of carbonyl (C=O) groups is 1.